The maximum absolute atomic E-state index is 10.4. The fraction of sp³-hybridized carbons (Fsp3) is 0.263. The summed E-state index contributed by atoms with van der Waals surface area (Å²) in [6, 6.07) is 30.2. The van der Waals surface area contributed by atoms with Crippen LogP contribution in [0.5, 0.6) is 0 Å². The molecule has 4 atom stereocenters. The van der Waals surface area contributed by atoms with Gasteiger partial charge in [-0.25, -0.2) is 0 Å². The number of nitrogens with one attached hydrogen (secondary N) is 2. The fourth-order valence-corrected chi connectivity index (χ4v) is 8.81. The van der Waals surface area contributed by atoms with Crippen molar-refractivity contribution < 1.29 is 10.2 Å². The molecule has 224 valence electrons. The molecule has 0 bridgehead atoms. The Balaban J connectivity index is 0.000000142. The number of anilines is 2. The molecule has 8 rings (SSSR count). The van der Waals surface area contributed by atoms with Gasteiger partial charge in [-0.1, -0.05) is 72.8 Å². The lowest BCUT2D eigenvalue weighted by Crippen LogP contribution is -2.16. The first-order valence-corrected chi connectivity index (χ1v) is 17.2. The fourth-order valence-electron chi connectivity index (χ4n) is 6.83. The van der Waals surface area contributed by atoms with E-state index in [9.17, 15) is 10.2 Å². The summed E-state index contributed by atoms with van der Waals surface area (Å²) in [5.41, 5.74) is 7.41. The Labute approximate surface area is 267 Å². The Morgan fingerprint density at radius 1 is 0.568 bits per heavy atom. The van der Waals surface area contributed by atoms with Gasteiger partial charge in [-0.15, -0.1) is 22.7 Å². The molecule has 4 aromatic carbocycles. The van der Waals surface area contributed by atoms with Gasteiger partial charge < -0.3 is 20.8 Å². The Hall–Kier alpha value is -3.68. The first-order valence-electron chi connectivity index (χ1n) is 15.4. The molecule has 0 saturated heterocycles. The van der Waals surface area contributed by atoms with Crippen LogP contribution in [0.25, 0.3) is 21.5 Å². The van der Waals surface area contributed by atoms with Crippen LogP contribution in [-0.2, 0) is 12.8 Å². The number of fused-ring (bicyclic) bond motifs is 6. The van der Waals surface area contributed by atoms with Crippen LogP contribution in [0.15, 0.2) is 95.7 Å². The van der Waals surface area contributed by atoms with Gasteiger partial charge in [0.1, 0.15) is 0 Å². The van der Waals surface area contributed by atoms with Crippen molar-refractivity contribution in [1.82, 2.24) is 0 Å². The molecule has 6 heteroatoms. The Morgan fingerprint density at radius 2 is 1.00 bits per heavy atom. The van der Waals surface area contributed by atoms with Crippen molar-refractivity contribution in [3.63, 3.8) is 0 Å². The topological polar surface area (TPSA) is 64.5 Å². The van der Waals surface area contributed by atoms with E-state index in [-0.39, 0.29) is 24.3 Å². The standard InChI is InChI=1S/2C19H19NOS/c2*1-12-8-9-22-19(12)17-11-15(21)10-14-7-6-13-4-2-3-5-16(13)18(14)20-17/h2*2-9,15,17,20-21H,10-11H2,1H3/t2*15-,17+/m00/s1. The second-order valence-corrected chi connectivity index (χ2v) is 14.1. The Morgan fingerprint density at radius 3 is 1.41 bits per heavy atom. The van der Waals surface area contributed by atoms with Gasteiger partial charge in [0.15, 0.2) is 0 Å². The van der Waals surface area contributed by atoms with Crippen molar-refractivity contribution in [3.05, 3.63) is 128 Å². The summed E-state index contributed by atoms with van der Waals surface area (Å²) in [6.07, 6.45) is 2.33. The van der Waals surface area contributed by atoms with Crippen LogP contribution in [0.2, 0.25) is 0 Å². The molecule has 4 N–H and O–H groups in total. The van der Waals surface area contributed by atoms with Crippen LogP contribution in [0.4, 0.5) is 11.4 Å². The number of aliphatic hydroxyl groups is 2. The SMILES string of the molecule is Cc1ccsc1[C@H]1C[C@@H](O)Cc2ccc3ccccc3c2N1.Cc1ccsc1[C@H]1C[C@@H](O)Cc2ccc3ccccc3c2N1. The van der Waals surface area contributed by atoms with Crippen LogP contribution >= 0.6 is 22.7 Å². The number of rotatable bonds is 2. The second kappa shape index (κ2) is 12.4. The zero-order valence-corrected chi connectivity index (χ0v) is 26.7. The second-order valence-electron chi connectivity index (χ2n) is 12.2. The van der Waals surface area contributed by atoms with Crippen LogP contribution in [0.1, 0.15) is 56.9 Å². The van der Waals surface area contributed by atoms with Crippen molar-refractivity contribution in [2.75, 3.05) is 10.6 Å². The molecule has 6 aromatic rings. The van der Waals surface area contributed by atoms with Crippen molar-refractivity contribution in [2.24, 2.45) is 0 Å². The largest absolute Gasteiger partial charge is 0.393 e. The lowest BCUT2D eigenvalue weighted by Gasteiger charge is -2.20. The predicted molar refractivity (Wildman–Crippen MR) is 187 cm³/mol. The van der Waals surface area contributed by atoms with Crippen molar-refractivity contribution >= 4 is 55.6 Å². The summed E-state index contributed by atoms with van der Waals surface area (Å²) in [5.74, 6) is 0. The number of thiophene rings is 2. The molecule has 0 amide bonds. The zero-order valence-electron chi connectivity index (χ0n) is 25.1. The van der Waals surface area contributed by atoms with Crippen LogP contribution in [-0.4, -0.2) is 22.4 Å². The van der Waals surface area contributed by atoms with E-state index in [1.165, 1.54) is 64.9 Å². The van der Waals surface area contributed by atoms with Crippen LogP contribution in [0.3, 0.4) is 0 Å². The van der Waals surface area contributed by atoms with Crippen molar-refractivity contribution in [3.8, 4) is 0 Å². The van der Waals surface area contributed by atoms with Gasteiger partial charge >= 0.3 is 0 Å². The number of hydrogen-bond donors (Lipinski definition) is 4. The predicted octanol–water partition coefficient (Wildman–Crippen LogP) is 9.34. The molecule has 0 spiro atoms. The highest BCUT2D eigenvalue weighted by molar-refractivity contribution is 7.10. The van der Waals surface area contributed by atoms with Crippen molar-refractivity contribution in [1.29, 1.82) is 0 Å². The van der Waals surface area contributed by atoms with E-state index in [4.69, 9.17) is 0 Å². The highest BCUT2D eigenvalue weighted by Gasteiger charge is 2.27. The minimum atomic E-state index is -0.304. The maximum atomic E-state index is 10.4. The number of hydrogen-bond acceptors (Lipinski definition) is 6. The Kier molecular flexibility index (Phi) is 8.17. The summed E-state index contributed by atoms with van der Waals surface area (Å²) in [6.45, 7) is 4.30. The van der Waals surface area contributed by atoms with Gasteiger partial charge in [0.2, 0.25) is 0 Å². The highest BCUT2D eigenvalue weighted by atomic mass is 32.1. The number of aliphatic hydroxyl groups excluding tert-OH is 2. The molecule has 0 unspecified atom stereocenters. The summed E-state index contributed by atoms with van der Waals surface area (Å²) in [4.78, 5) is 2.67. The summed E-state index contributed by atoms with van der Waals surface area (Å²) in [7, 11) is 0. The molecule has 44 heavy (non-hydrogen) atoms. The first-order chi connectivity index (χ1) is 21.4. The average molecular weight is 619 g/mol. The zero-order chi connectivity index (χ0) is 30.2. The van der Waals surface area contributed by atoms with Gasteiger partial charge in [0.05, 0.1) is 24.3 Å². The number of aryl methyl sites for hydroxylation is 2. The molecule has 2 aromatic heterocycles. The van der Waals surface area contributed by atoms with Gasteiger partial charge in [-0.05, 0) is 82.6 Å². The molecule has 4 nitrogen and oxygen atoms in total. The quantitative estimate of drug-likeness (QED) is 0.156. The summed E-state index contributed by atoms with van der Waals surface area (Å²) < 4.78 is 0. The van der Waals surface area contributed by atoms with E-state index < -0.39 is 0 Å². The van der Waals surface area contributed by atoms with Crippen LogP contribution in [0, 0.1) is 13.8 Å². The normalized spacial score (nSPS) is 21.2. The van der Waals surface area contributed by atoms with E-state index in [1.807, 2.05) is 0 Å². The third-order valence-electron chi connectivity index (χ3n) is 9.03. The molecule has 2 aliphatic rings. The minimum absolute atomic E-state index is 0.182. The lowest BCUT2D eigenvalue weighted by molar-refractivity contribution is 0.161. The molecule has 0 radical (unpaired) electrons. The van der Waals surface area contributed by atoms with E-state index >= 15 is 0 Å². The highest BCUT2D eigenvalue weighted by Crippen LogP contribution is 2.40. The maximum Gasteiger partial charge on any atom is 0.0634 e. The lowest BCUT2D eigenvalue weighted by atomic mass is 10.00. The number of benzene rings is 4. The summed E-state index contributed by atoms with van der Waals surface area (Å²) >= 11 is 3.55. The van der Waals surface area contributed by atoms with Gasteiger partial charge in [0.25, 0.3) is 0 Å². The third kappa shape index (κ3) is 5.75. The summed E-state index contributed by atoms with van der Waals surface area (Å²) in [5, 5.41) is 37.6. The van der Waals surface area contributed by atoms with Gasteiger partial charge in [-0.2, -0.15) is 0 Å². The van der Waals surface area contributed by atoms with E-state index in [1.54, 1.807) is 22.7 Å². The smallest absolute Gasteiger partial charge is 0.0634 e. The molecule has 0 fully saturated rings. The van der Waals surface area contributed by atoms with Gasteiger partial charge in [-0.3, -0.25) is 0 Å². The Bertz CT molecular complexity index is 1790. The molecule has 4 heterocycles. The minimum Gasteiger partial charge on any atom is -0.393 e. The van der Waals surface area contributed by atoms with Gasteiger partial charge in [0, 0.05) is 44.7 Å². The van der Waals surface area contributed by atoms with Crippen LogP contribution < -0.4 is 10.6 Å². The first kappa shape index (κ1) is 29.1. The molecule has 0 aliphatic carbocycles. The monoisotopic (exact) mass is 618 g/mol. The van der Waals surface area contributed by atoms with Crippen molar-refractivity contribution in [2.45, 2.75) is 63.8 Å². The molecular weight excluding hydrogens is 581 g/mol. The average Bonchev–Trinajstić information content (AvgIpc) is 3.56. The molecule has 0 saturated carbocycles. The third-order valence-corrected chi connectivity index (χ3v) is 11.3. The van der Waals surface area contributed by atoms with E-state index in [2.05, 4.69) is 120 Å². The van der Waals surface area contributed by atoms with E-state index in [0.717, 1.165) is 12.8 Å². The van der Waals surface area contributed by atoms with E-state index in [0.29, 0.717) is 12.8 Å². The molecule has 2 aliphatic heterocycles. The molecular formula is C38H38N2O2S2.